The first kappa shape index (κ1) is 19.7. The number of hydrogen-bond acceptors (Lipinski definition) is 6. The maximum Gasteiger partial charge on any atom is 0.279 e. The van der Waals surface area contributed by atoms with E-state index in [1.54, 1.807) is 15.2 Å². The van der Waals surface area contributed by atoms with Crippen LogP contribution in [-0.2, 0) is 9.59 Å². The first-order valence-electron chi connectivity index (χ1n) is 9.43. The number of thiazole rings is 1. The minimum Gasteiger partial charge on any atom is -0.307 e. The fraction of sp³-hybridized carbons (Fsp3) is 0.136. The molecule has 30 heavy (non-hydrogen) atoms. The van der Waals surface area contributed by atoms with Gasteiger partial charge in [-0.25, -0.2) is 4.98 Å². The Balaban J connectivity index is 1.59. The zero-order valence-corrected chi connectivity index (χ0v) is 17.3. The maximum atomic E-state index is 12.6. The minimum atomic E-state index is -0.165. The van der Waals surface area contributed by atoms with E-state index in [-0.39, 0.29) is 11.8 Å². The Morgan fingerprint density at radius 3 is 2.63 bits per heavy atom. The van der Waals surface area contributed by atoms with E-state index >= 15 is 0 Å². The number of carbonyl (C=O) groups is 2. The molecule has 2 heterocycles. The molecule has 0 unspecified atom stereocenters. The molecule has 0 radical (unpaired) electrons. The summed E-state index contributed by atoms with van der Waals surface area (Å²) < 4.78 is 0. The van der Waals surface area contributed by atoms with Gasteiger partial charge in [0.1, 0.15) is 0 Å². The lowest BCUT2D eigenvalue weighted by atomic mass is 10.1. The molecule has 1 aliphatic heterocycles. The van der Waals surface area contributed by atoms with Crippen LogP contribution in [0.2, 0.25) is 0 Å². The highest BCUT2D eigenvalue weighted by Gasteiger charge is 2.32. The van der Waals surface area contributed by atoms with Crippen LogP contribution in [0, 0.1) is 0 Å². The number of carbonyl (C=O) groups excluding carboxylic acids is 2. The molecule has 4 rings (SSSR count). The molecule has 150 valence electrons. The van der Waals surface area contributed by atoms with Gasteiger partial charge >= 0.3 is 0 Å². The number of para-hydroxylation sites is 2. The Morgan fingerprint density at radius 2 is 1.90 bits per heavy atom. The molecule has 1 aliphatic rings. The summed E-state index contributed by atoms with van der Waals surface area (Å²) in [6, 6.07) is 16.9. The van der Waals surface area contributed by atoms with Crippen molar-refractivity contribution in [2.45, 2.75) is 13.8 Å². The zero-order chi connectivity index (χ0) is 21.1. The van der Waals surface area contributed by atoms with Gasteiger partial charge in [0, 0.05) is 24.4 Å². The molecule has 0 atom stereocenters. The third-order valence-electron chi connectivity index (χ3n) is 4.59. The summed E-state index contributed by atoms with van der Waals surface area (Å²) in [4.78, 5) is 32.5. The van der Waals surface area contributed by atoms with E-state index in [1.807, 2.05) is 61.5 Å². The Kier molecular flexibility index (Phi) is 5.49. The molecule has 0 spiro atoms. The number of likely N-dealkylation sites (N-methyl/N-ethyl adjacent to an activating group) is 1. The average molecular weight is 417 g/mol. The molecule has 0 saturated heterocycles. The molecule has 2 aromatic carbocycles. The molecule has 0 aliphatic carbocycles. The second-order valence-corrected chi connectivity index (χ2v) is 7.34. The second kappa shape index (κ2) is 8.38. The summed E-state index contributed by atoms with van der Waals surface area (Å²) in [5.41, 5.74) is 3.24. The number of fused-ring (bicyclic) bond motifs is 1. The summed E-state index contributed by atoms with van der Waals surface area (Å²) in [6.07, 6.45) is 1.49. The zero-order valence-electron chi connectivity index (χ0n) is 16.5. The van der Waals surface area contributed by atoms with Crippen LogP contribution in [0.15, 0.2) is 70.2 Å². The van der Waals surface area contributed by atoms with E-state index in [9.17, 15) is 9.59 Å². The Hall–Kier alpha value is -3.65. The topological polar surface area (TPSA) is 78.2 Å². The first-order chi connectivity index (χ1) is 14.6. The van der Waals surface area contributed by atoms with Crippen molar-refractivity contribution in [3.63, 3.8) is 0 Å². The third kappa shape index (κ3) is 3.65. The smallest absolute Gasteiger partial charge is 0.279 e. The summed E-state index contributed by atoms with van der Waals surface area (Å²) >= 11 is 1.34. The Bertz CT molecular complexity index is 1150. The van der Waals surface area contributed by atoms with Crippen molar-refractivity contribution in [2.75, 3.05) is 16.3 Å². The second-order valence-electron chi connectivity index (χ2n) is 6.50. The molecule has 0 N–H and O–H groups in total. The van der Waals surface area contributed by atoms with Gasteiger partial charge in [0.05, 0.1) is 23.3 Å². The van der Waals surface area contributed by atoms with Crippen LogP contribution >= 0.6 is 11.3 Å². The van der Waals surface area contributed by atoms with Crippen LogP contribution in [0.3, 0.4) is 0 Å². The van der Waals surface area contributed by atoms with Crippen LogP contribution in [0.4, 0.5) is 16.5 Å². The highest BCUT2D eigenvalue weighted by Crippen LogP contribution is 2.29. The van der Waals surface area contributed by atoms with Crippen LogP contribution in [0.25, 0.3) is 0 Å². The molecule has 0 bridgehead atoms. The predicted octanol–water partition coefficient (Wildman–Crippen LogP) is 4.02. The van der Waals surface area contributed by atoms with Gasteiger partial charge in [-0.1, -0.05) is 36.4 Å². The molecular formula is C22H19N5O2S. The van der Waals surface area contributed by atoms with Crippen molar-refractivity contribution >= 4 is 51.6 Å². The summed E-state index contributed by atoms with van der Waals surface area (Å²) in [5, 5.41) is 10.6. The van der Waals surface area contributed by atoms with Crippen molar-refractivity contribution in [2.24, 2.45) is 10.2 Å². The first-order valence-corrected chi connectivity index (χ1v) is 10.3. The highest BCUT2D eigenvalue weighted by atomic mass is 32.1. The molecule has 0 fully saturated rings. The van der Waals surface area contributed by atoms with Crippen molar-refractivity contribution < 1.29 is 9.59 Å². The molecule has 7 nitrogen and oxygen atoms in total. The highest BCUT2D eigenvalue weighted by molar-refractivity contribution is 7.14. The number of benzene rings is 2. The molecule has 0 saturated carbocycles. The monoisotopic (exact) mass is 417 g/mol. The Labute approximate surface area is 178 Å². The summed E-state index contributed by atoms with van der Waals surface area (Å²) in [5.74, 6) is -0.297. The lowest BCUT2D eigenvalue weighted by molar-refractivity contribution is -0.116. The van der Waals surface area contributed by atoms with Crippen molar-refractivity contribution in [1.82, 2.24) is 4.98 Å². The van der Waals surface area contributed by atoms with Gasteiger partial charge in [0.2, 0.25) is 5.91 Å². The number of anilines is 3. The van der Waals surface area contributed by atoms with Crippen molar-refractivity contribution in [3.8, 4) is 0 Å². The van der Waals surface area contributed by atoms with Gasteiger partial charge in [-0.15, -0.1) is 16.4 Å². The maximum absolute atomic E-state index is 12.6. The number of nitrogens with zero attached hydrogens (tertiary/aromatic N) is 5. The van der Waals surface area contributed by atoms with Gasteiger partial charge in [-0.05, 0) is 25.1 Å². The van der Waals surface area contributed by atoms with Gasteiger partial charge < -0.3 is 4.90 Å². The van der Waals surface area contributed by atoms with E-state index in [2.05, 4.69) is 15.2 Å². The molecule has 2 amide bonds. The number of amides is 2. The number of rotatable bonds is 5. The fourth-order valence-electron chi connectivity index (χ4n) is 3.26. The third-order valence-corrected chi connectivity index (χ3v) is 5.44. The van der Waals surface area contributed by atoms with E-state index in [4.69, 9.17) is 0 Å². The summed E-state index contributed by atoms with van der Waals surface area (Å²) in [6.45, 7) is 3.98. The van der Waals surface area contributed by atoms with E-state index in [1.165, 1.54) is 24.5 Å². The molecular weight excluding hydrogens is 398 g/mol. The fourth-order valence-corrected chi connectivity index (χ4v) is 4.10. The SMILES string of the molecule is CCN1C(=O)/C(=N/N=C\c2csc(N(C(C)=O)c3ccccc3)n2)c2ccccc21. The Morgan fingerprint density at radius 1 is 1.17 bits per heavy atom. The standard InChI is InChI=1S/C22H19N5O2S/c1-3-26-19-12-8-7-11-18(19)20(21(26)29)25-23-13-16-14-30-22(24-16)27(15(2)28)17-9-5-4-6-10-17/h4-14H,3H2,1-2H3/b23-13-,25-20+. The number of aromatic nitrogens is 1. The van der Waals surface area contributed by atoms with Gasteiger partial charge in [0.15, 0.2) is 10.8 Å². The van der Waals surface area contributed by atoms with Gasteiger partial charge in [0.25, 0.3) is 5.91 Å². The van der Waals surface area contributed by atoms with Gasteiger partial charge in [-0.2, -0.15) is 5.10 Å². The van der Waals surface area contributed by atoms with Crippen LogP contribution in [0.5, 0.6) is 0 Å². The molecule has 1 aromatic heterocycles. The lowest BCUT2D eigenvalue weighted by Crippen LogP contribution is -2.29. The van der Waals surface area contributed by atoms with Gasteiger partial charge in [-0.3, -0.25) is 14.5 Å². The normalized spacial score (nSPS) is 14.5. The lowest BCUT2D eigenvalue weighted by Gasteiger charge is -2.17. The van der Waals surface area contributed by atoms with Crippen molar-refractivity contribution in [1.29, 1.82) is 0 Å². The van der Waals surface area contributed by atoms with E-state index < -0.39 is 0 Å². The van der Waals surface area contributed by atoms with E-state index in [0.29, 0.717) is 23.1 Å². The molecule has 3 aromatic rings. The predicted molar refractivity (Wildman–Crippen MR) is 120 cm³/mol. The summed E-state index contributed by atoms with van der Waals surface area (Å²) in [7, 11) is 0. The van der Waals surface area contributed by atoms with Crippen LogP contribution in [0.1, 0.15) is 25.1 Å². The van der Waals surface area contributed by atoms with Crippen molar-refractivity contribution in [3.05, 3.63) is 71.2 Å². The quantitative estimate of drug-likeness (QED) is 0.465. The number of hydrogen-bond donors (Lipinski definition) is 0. The van der Waals surface area contributed by atoms with E-state index in [0.717, 1.165) is 16.9 Å². The largest absolute Gasteiger partial charge is 0.307 e. The molecule has 8 heteroatoms. The average Bonchev–Trinajstić information content (AvgIpc) is 3.31. The van der Waals surface area contributed by atoms with Crippen LogP contribution < -0.4 is 9.80 Å². The van der Waals surface area contributed by atoms with Crippen LogP contribution in [-0.4, -0.2) is 35.3 Å². The minimum absolute atomic E-state index is 0.132.